The Labute approximate surface area is 85.5 Å². The van der Waals surface area contributed by atoms with Gasteiger partial charge in [0.15, 0.2) is 0 Å². The molecule has 0 atom stereocenters. The van der Waals surface area contributed by atoms with Crippen LogP contribution in [-0.2, 0) is 12.5 Å². The first kappa shape index (κ1) is 11.3. The van der Waals surface area contributed by atoms with Gasteiger partial charge in [0.1, 0.15) is 5.69 Å². The van der Waals surface area contributed by atoms with Gasteiger partial charge in [-0.2, -0.15) is 0 Å². The third-order valence-electron chi connectivity index (χ3n) is 2.05. The Morgan fingerprint density at radius 3 is 2.57 bits per heavy atom. The van der Waals surface area contributed by atoms with Gasteiger partial charge in [0.05, 0.1) is 6.61 Å². The van der Waals surface area contributed by atoms with E-state index in [9.17, 15) is 8.78 Å². The fraction of sp³-hybridized carbons (Fsp3) is 0.444. The summed E-state index contributed by atoms with van der Waals surface area (Å²) in [5, 5.41) is 9.01. The highest BCUT2D eigenvalue weighted by atomic mass is 35.5. The number of nitrogens with zero attached hydrogens (tertiary/aromatic N) is 1. The summed E-state index contributed by atoms with van der Waals surface area (Å²) in [5.74, 6) is -0.0652. The highest BCUT2D eigenvalue weighted by Gasteiger charge is 2.18. The van der Waals surface area contributed by atoms with Crippen molar-refractivity contribution in [1.82, 2.24) is 4.98 Å². The monoisotopic (exact) mass is 221 g/mol. The molecule has 0 aliphatic carbocycles. The van der Waals surface area contributed by atoms with Crippen LogP contribution >= 0.6 is 11.6 Å². The van der Waals surface area contributed by atoms with Crippen LogP contribution in [0.3, 0.4) is 0 Å². The van der Waals surface area contributed by atoms with Gasteiger partial charge in [0, 0.05) is 17.6 Å². The fourth-order valence-electron chi connectivity index (χ4n) is 1.27. The third kappa shape index (κ3) is 2.01. The minimum Gasteiger partial charge on any atom is -0.392 e. The largest absolute Gasteiger partial charge is 0.392 e. The Morgan fingerprint density at radius 1 is 1.50 bits per heavy atom. The predicted molar refractivity (Wildman–Crippen MR) is 49.4 cm³/mol. The molecule has 2 nitrogen and oxygen atoms in total. The highest BCUT2D eigenvalue weighted by molar-refractivity contribution is 6.17. The van der Waals surface area contributed by atoms with E-state index >= 15 is 0 Å². The summed E-state index contributed by atoms with van der Waals surface area (Å²) in [5.41, 5.74) is 1.02. The highest BCUT2D eigenvalue weighted by Crippen LogP contribution is 2.26. The zero-order valence-corrected chi connectivity index (χ0v) is 8.35. The Kier molecular flexibility index (Phi) is 3.77. The van der Waals surface area contributed by atoms with Gasteiger partial charge < -0.3 is 5.11 Å². The first-order valence-corrected chi connectivity index (χ1v) is 4.57. The molecule has 0 spiro atoms. The maximum Gasteiger partial charge on any atom is 0.280 e. The molecule has 0 unspecified atom stereocenters. The second kappa shape index (κ2) is 4.66. The molecular formula is C9H10ClF2NO. The number of aliphatic hydroxyl groups is 1. The van der Waals surface area contributed by atoms with Crippen molar-refractivity contribution in [2.45, 2.75) is 25.8 Å². The normalized spacial score (nSPS) is 11.0. The predicted octanol–water partition coefficient (Wildman–Crippen LogP) is 2.56. The Balaban J connectivity index is 3.33. The zero-order valence-electron chi connectivity index (χ0n) is 7.60. The zero-order chi connectivity index (χ0) is 10.7. The van der Waals surface area contributed by atoms with Crippen molar-refractivity contribution in [2.75, 3.05) is 0 Å². The van der Waals surface area contributed by atoms with Crippen LogP contribution in [0.2, 0.25) is 0 Å². The number of hydrogen-bond acceptors (Lipinski definition) is 2. The summed E-state index contributed by atoms with van der Waals surface area (Å²) in [6.45, 7) is 1.40. The molecule has 0 aliphatic heterocycles. The Hall–Kier alpha value is -0.740. The van der Waals surface area contributed by atoms with Crippen LogP contribution in [0.15, 0.2) is 6.20 Å². The molecule has 0 saturated carbocycles. The molecule has 0 bridgehead atoms. The van der Waals surface area contributed by atoms with Crippen molar-refractivity contribution < 1.29 is 13.9 Å². The first-order valence-electron chi connectivity index (χ1n) is 4.04. The maximum atomic E-state index is 12.5. The van der Waals surface area contributed by atoms with Crippen LogP contribution < -0.4 is 0 Å². The van der Waals surface area contributed by atoms with Gasteiger partial charge in [0.25, 0.3) is 6.43 Å². The van der Waals surface area contributed by atoms with Crippen molar-refractivity contribution in [1.29, 1.82) is 0 Å². The summed E-state index contributed by atoms with van der Waals surface area (Å²) in [6.07, 6.45) is -1.34. The molecule has 1 aromatic heterocycles. The minimum absolute atomic E-state index is 0.0652. The molecule has 0 saturated heterocycles. The van der Waals surface area contributed by atoms with Crippen molar-refractivity contribution in [3.63, 3.8) is 0 Å². The van der Waals surface area contributed by atoms with E-state index in [1.54, 1.807) is 6.92 Å². The molecule has 1 N–H and O–H groups in total. The topological polar surface area (TPSA) is 33.1 Å². The van der Waals surface area contributed by atoms with E-state index in [1.807, 2.05) is 0 Å². The van der Waals surface area contributed by atoms with Crippen LogP contribution in [0.25, 0.3) is 0 Å². The van der Waals surface area contributed by atoms with Gasteiger partial charge in [-0.1, -0.05) is 0 Å². The van der Waals surface area contributed by atoms with E-state index in [2.05, 4.69) is 4.98 Å². The van der Waals surface area contributed by atoms with E-state index in [0.29, 0.717) is 11.1 Å². The number of alkyl halides is 3. The first-order chi connectivity index (χ1) is 6.61. The number of aliphatic hydroxyl groups excluding tert-OH is 1. The molecule has 5 heteroatoms. The van der Waals surface area contributed by atoms with Crippen LogP contribution in [0.1, 0.15) is 28.8 Å². The quantitative estimate of drug-likeness (QED) is 0.796. The summed E-state index contributed by atoms with van der Waals surface area (Å²) >= 11 is 5.55. The SMILES string of the molecule is Cc1cnc(C(F)F)c(CCl)c1CO. The van der Waals surface area contributed by atoms with Crippen LogP contribution in [0, 0.1) is 6.92 Å². The molecule has 78 valence electrons. The lowest BCUT2D eigenvalue weighted by molar-refractivity contribution is 0.144. The fourth-order valence-corrected chi connectivity index (χ4v) is 1.57. The summed E-state index contributed by atoms with van der Waals surface area (Å²) in [7, 11) is 0. The number of aryl methyl sites for hydroxylation is 1. The number of halogens is 3. The van der Waals surface area contributed by atoms with Crippen molar-refractivity contribution >= 4 is 11.6 Å². The lowest BCUT2D eigenvalue weighted by atomic mass is 10.0. The van der Waals surface area contributed by atoms with Gasteiger partial charge in [-0.15, -0.1) is 11.6 Å². The molecule has 1 aromatic rings. The summed E-state index contributed by atoms with van der Waals surface area (Å²) < 4.78 is 24.9. The Morgan fingerprint density at radius 2 is 2.14 bits per heavy atom. The van der Waals surface area contributed by atoms with Gasteiger partial charge >= 0.3 is 0 Å². The average Bonchev–Trinajstić information content (AvgIpc) is 2.16. The van der Waals surface area contributed by atoms with Gasteiger partial charge in [0.2, 0.25) is 0 Å². The maximum absolute atomic E-state index is 12.5. The lowest BCUT2D eigenvalue weighted by Crippen LogP contribution is -2.04. The molecule has 0 amide bonds. The van der Waals surface area contributed by atoms with Gasteiger partial charge in [-0.25, -0.2) is 8.78 Å². The molecule has 1 heterocycles. The summed E-state index contributed by atoms with van der Waals surface area (Å²) in [4.78, 5) is 3.61. The van der Waals surface area contributed by atoms with Crippen molar-refractivity contribution in [2.24, 2.45) is 0 Å². The molecule has 0 aromatic carbocycles. The molecular weight excluding hydrogens is 212 g/mol. The van der Waals surface area contributed by atoms with Crippen LogP contribution in [0.5, 0.6) is 0 Å². The molecule has 1 rings (SSSR count). The van der Waals surface area contributed by atoms with E-state index in [4.69, 9.17) is 16.7 Å². The van der Waals surface area contributed by atoms with E-state index in [0.717, 1.165) is 0 Å². The third-order valence-corrected chi connectivity index (χ3v) is 2.31. The second-order valence-electron chi connectivity index (χ2n) is 2.88. The van der Waals surface area contributed by atoms with E-state index in [1.165, 1.54) is 6.20 Å². The lowest BCUT2D eigenvalue weighted by Gasteiger charge is -2.12. The Bertz CT molecular complexity index is 331. The molecule has 0 radical (unpaired) electrons. The second-order valence-corrected chi connectivity index (χ2v) is 3.14. The minimum atomic E-state index is -2.66. The number of hydrogen-bond donors (Lipinski definition) is 1. The van der Waals surface area contributed by atoms with E-state index in [-0.39, 0.29) is 23.7 Å². The van der Waals surface area contributed by atoms with Gasteiger partial charge in [-0.05, 0) is 18.1 Å². The van der Waals surface area contributed by atoms with Gasteiger partial charge in [-0.3, -0.25) is 4.98 Å². The number of pyridine rings is 1. The van der Waals surface area contributed by atoms with Crippen molar-refractivity contribution in [3.8, 4) is 0 Å². The van der Waals surface area contributed by atoms with Crippen LogP contribution in [0.4, 0.5) is 8.78 Å². The van der Waals surface area contributed by atoms with Crippen LogP contribution in [-0.4, -0.2) is 10.1 Å². The average molecular weight is 222 g/mol. The van der Waals surface area contributed by atoms with E-state index < -0.39 is 6.43 Å². The molecule has 14 heavy (non-hydrogen) atoms. The standard InChI is InChI=1S/C9H10ClF2NO/c1-5-3-13-8(9(11)12)6(2-10)7(5)4-14/h3,9,14H,2,4H2,1H3. The summed E-state index contributed by atoms with van der Waals surface area (Å²) in [6, 6.07) is 0. The molecule has 0 aliphatic rings. The number of aromatic nitrogens is 1. The number of rotatable bonds is 3. The smallest absolute Gasteiger partial charge is 0.280 e. The molecule has 0 fully saturated rings. The van der Waals surface area contributed by atoms with Crippen molar-refractivity contribution in [3.05, 3.63) is 28.6 Å².